The molecule has 3 aromatic rings. The van der Waals surface area contributed by atoms with Crippen LogP contribution in [0.5, 0.6) is 0 Å². The molecule has 0 saturated carbocycles. The molecule has 0 amide bonds. The van der Waals surface area contributed by atoms with Gasteiger partial charge in [-0.25, -0.2) is 9.97 Å². The van der Waals surface area contributed by atoms with Gasteiger partial charge < -0.3 is 5.73 Å². The number of nitrogens with zero attached hydrogens (tertiary/aromatic N) is 3. The highest BCUT2D eigenvalue weighted by Gasteiger charge is 2.05. The Morgan fingerprint density at radius 2 is 2.11 bits per heavy atom. The van der Waals surface area contributed by atoms with Crippen molar-refractivity contribution in [3.63, 3.8) is 0 Å². The van der Waals surface area contributed by atoms with Crippen LogP contribution in [0.2, 0.25) is 0 Å². The lowest BCUT2D eigenvalue weighted by Crippen LogP contribution is -2.20. The molecule has 1 aromatic carbocycles. The van der Waals surface area contributed by atoms with E-state index in [4.69, 9.17) is 5.73 Å². The van der Waals surface area contributed by atoms with Gasteiger partial charge in [0.2, 0.25) is 0 Å². The normalized spacial score (nSPS) is 10.9. The zero-order valence-electron chi connectivity index (χ0n) is 9.41. The predicted molar refractivity (Wildman–Crippen MR) is 71.6 cm³/mol. The zero-order chi connectivity index (χ0) is 12.5. The van der Waals surface area contributed by atoms with Crippen molar-refractivity contribution in [2.45, 2.75) is 6.54 Å². The van der Waals surface area contributed by atoms with E-state index in [0.717, 1.165) is 4.88 Å². The van der Waals surface area contributed by atoms with Gasteiger partial charge in [0.05, 0.1) is 23.8 Å². The Balaban J connectivity index is 2.08. The Kier molecular flexibility index (Phi) is 2.56. The highest BCUT2D eigenvalue weighted by Crippen LogP contribution is 2.15. The highest BCUT2D eigenvalue weighted by molar-refractivity contribution is 7.15. The Labute approximate surface area is 107 Å². The maximum Gasteiger partial charge on any atom is 0.261 e. The number of thiazole rings is 1. The van der Waals surface area contributed by atoms with Gasteiger partial charge in [-0.3, -0.25) is 9.36 Å². The lowest BCUT2D eigenvalue weighted by molar-refractivity contribution is 0.757. The molecule has 18 heavy (non-hydrogen) atoms. The van der Waals surface area contributed by atoms with Crippen molar-refractivity contribution in [3.8, 4) is 0 Å². The number of hydrogen-bond acceptors (Lipinski definition) is 5. The first-order valence-corrected chi connectivity index (χ1v) is 6.20. The van der Waals surface area contributed by atoms with Gasteiger partial charge >= 0.3 is 0 Å². The maximum atomic E-state index is 12.2. The van der Waals surface area contributed by atoms with Crippen molar-refractivity contribution >= 4 is 27.4 Å². The van der Waals surface area contributed by atoms with Crippen LogP contribution < -0.4 is 11.3 Å². The number of anilines is 1. The molecule has 2 N–H and O–H groups in total. The topological polar surface area (TPSA) is 73.8 Å². The van der Waals surface area contributed by atoms with E-state index in [1.54, 1.807) is 23.2 Å². The van der Waals surface area contributed by atoms with E-state index in [1.807, 2.05) is 18.2 Å². The summed E-state index contributed by atoms with van der Waals surface area (Å²) < 4.78 is 1.56. The van der Waals surface area contributed by atoms with Crippen molar-refractivity contribution < 1.29 is 0 Å². The summed E-state index contributed by atoms with van der Waals surface area (Å²) in [4.78, 5) is 21.4. The van der Waals surface area contributed by atoms with Crippen LogP contribution in [0.3, 0.4) is 0 Å². The summed E-state index contributed by atoms with van der Waals surface area (Å²) in [5.74, 6) is 0. The van der Waals surface area contributed by atoms with Gasteiger partial charge in [-0.2, -0.15) is 0 Å². The molecule has 0 atom stereocenters. The summed E-state index contributed by atoms with van der Waals surface area (Å²) >= 11 is 1.38. The molecular formula is C12H10N4OS. The Morgan fingerprint density at radius 1 is 1.28 bits per heavy atom. The fourth-order valence-electron chi connectivity index (χ4n) is 1.78. The van der Waals surface area contributed by atoms with Crippen LogP contribution in [0.15, 0.2) is 41.6 Å². The molecule has 0 fully saturated rings. The molecule has 0 saturated heterocycles. The van der Waals surface area contributed by atoms with Crippen molar-refractivity contribution in [3.05, 3.63) is 52.0 Å². The minimum absolute atomic E-state index is 0.0485. The molecule has 0 bridgehead atoms. The van der Waals surface area contributed by atoms with E-state index >= 15 is 0 Å². The van der Waals surface area contributed by atoms with Crippen LogP contribution in [0.25, 0.3) is 10.9 Å². The molecule has 0 aliphatic heterocycles. The van der Waals surface area contributed by atoms with Gasteiger partial charge in [-0.15, -0.1) is 11.3 Å². The second kappa shape index (κ2) is 4.23. The molecule has 2 heterocycles. The first-order chi connectivity index (χ1) is 8.74. The number of aromatic nitrogens is 3. The van der Waals surface area contributed by atoms with E-state index in [2.05, 4.69) is 9.97 Å². The molecule has 0 aliphatic rings. The second-order valence-corrected chi connectivity index (χ2v) is 5.01. The molecule has 6 heteroatoms. The van der Waals surface area contributed by atoms with Gasteiger partial charge in [0, 0.05) is 11.1 Å². The van der Waals surface area contributed by atoms with Crippen LogP contribution >= 0.6 is 11.3 Å². The summed E-state index contributed by atoms with van der Waals surface area (Å²) in [6.45, 7) is 0.450. The second-order valence-electron chi connectivity index (χ2n) is 3.86. The fraction of sp³-hybridized carbons (Fsp3) is 0.0833. The molecule has 90 valence electrons. The summed E-state index contributed by atoms with van der Waals surface area (Å²) in [6.07, 6.45) is 3.24. The van der Waals surface area contributed by atoms with Crippen molar-refractivity contribution in [1.82, 2.24) is 14.5 Å². The third-order valence-electron chi connectivity index (χ3n) is 2.63. The maximum absolute atomic E-state index is 12.2. The Bertz CT molecular complexity index is 762. The van der Waals surface area contributed by atoms with E-state index in [9.17, 15) is 4.79 Å². The molecule has 0 radical (unpaired) electrons. The van der Waals surface area contributed by atoms with Crippen LogP contribution in [-0.2, 0) is 6.54 Å². The summed E-state index contributed by atoms with van der Waals surface area (Å²) in [5, 5.41) is 1.13. The summed E-state index contributed by atoms with van der Waals surface area (Å²) in [7, 11) is 0. The number of rotatable bonds is 2. The van der Waals surface area contributed by atoms with E-state index < -0.39 is 0 Å². The minimum Gasteiger partial charge on any atom is -0.375 e. The standard InChI is InChI=1S/C12H10N4OS/c13-12-14-5-8(18-12)6-16-7-15-10-4-2-1-3-9(10)11(16)17/h1-5,7H,6H2,(H2,13,14). The molecule has 3 rings (SSSR count). The summed E-state index contributed by atoms with van der Waals surface area (Å²) in [5.41, 5.74) is 6.23. The monoisotopic (exact) mass is 258 g/mol. The van der Waals surface area contributed by atoms with E-state index in [1.165, 1.54) is 11.3 Å². The number of para-hydroxylation sites is 1. The zero-order valence-corrected chi connectivity index (χ0v) is 10.2. The van der Waals surface area contributed by atoms with Crippen LogP contribution in [0, 0.1) is 0 Å². The molecule has 0 spiro atoms. The highest BCUT2D eigenvalue weighted by atomic mass is 32.1. The third kappa shape index (κ3) is 1.86. The fourth-order valence-corrected chi connectivity index (χ4v) is 2.47. The Hall–Kier alpha value is -2.21. The Morgan fingerprint density at radius 3 is 2.89 bits per heavy atom. The van der Waals surface area contributed by atoms with Gasteiger partial charge in [0.25, 0.3) is 5.56 Å². The smallest absolute Gasteiger partial charge is 0.261 e. The number of nitrogens with two attached hydrogens (primary N) is 1. The number of benzene rings is 1. The van der Waals surface area contributed by atoms with Gasteiger partial charge in [-0.05, 0) is 12.1 Å². The lowest BCUT2D eigenvalue weighted by Gasteiger charge is -2.04. The molecule has 2 aromatic heterocycles. The lowest BCUT2D eigenvalue weighted by atomic mass is 10.2. The number of fused-ring (bicyclic) bond motifs is 1. The van der Waals surface area contributed by atoms with Gasteiger partial charge in [0.15, 0.2) is 5.13 Å². The average molecular weight is 258 g/mol. The number of hydrogen-bond donors (Lipinski definition) is 1. The molecule has 0 unspecified atom stereocenters. The quantitative estimate of drug-likeness (QED) is 0.755. The first-order valence-electron chi connectivity index (χ1n) is 5.38. The SMILES string of the molecule is Nc1ncc(Cn2cnc3ccccc3c2=O)s1. The van der Waals surface area contributed by atoms with Gasteiger partial charge in [0.1, 0.15) is 0 Å². The molecule has 5 nitrogen and oxygen atoms in total. The van der Waals surface area contributed by atoms with Crippen molar-refractivity contribution in [2.24, 2.45) is 0 Å². The van der Waals surface area contributed by atoms with Crippen LogP contribution in [0.4, 0.5) is 5.13 Å². The molecule has 0 aliphatic carbocycles. The van der Waals surface area contributed by atoms with E-state index in [-0.39, 0.29) is 5.56 Å². The van der Waals surface area contributed by atoms with Crippen LogP contribution in [-0.4, -0.2) is 14.5 Å². The van der Waals surface area contributed by atoms with Gasteiger partial charge in [-0.1, -0.05) is 12.1 Å². The van der Waals surface area contributed by atoms with Crippen LogP contribution in [0.1, 0.15) is 4.88 Å². The average Bonchev–Trinajstić information content (AvgIpc) is 2.79. The largest absolute Gasteiger partial charge is 0.375 e. The van der Waals surface area contributed by atoms with Crippen molar-refractivity contribution in [2.75, 3.05) is 5.73 Å². The summed E-state index contributed by atoms with van der Waals surface area (Å²) in [6, 6.07) is 7.30. The minimum atomic E-state index is -0.0485. The van der Waals surface area contributed by atoms with Crippen molar-refractivity contribution in [1.29, 1.82) is 0 Å². The molecular weight excluding hydrogens is 248 g/mol. The predicted octanol–water partition coefficient (Wildman–Crippen LogP) is 1.48. The van der Waals surface area contributed by atoms with E-state index in [0.29, 0.717) is 22.6 Å². The third-order valence-corrected chi connectivity index (χ3v) is 3.44. The number of nitrogen functional groups attached to an aromatic ring is 1. The first kappa shape index (κ1) is 10.9.